The van der Waals surface area contributed by atoms with E-state index in [-0.39, 0.29) is 24.2 Å². The lowest BCUT2D eigenvalue weighted by atomic mass is 9.81. The molecule has 7 nitrogen and oxygen atoms in total. The summed E-state index contributed by atoms with van der Waals surface area (Å²) in [5.74, 6) is 0.172. The summed E-state index contributed by atoms with van der Waals surface area (Å²) < 4.78 is 5.20. The maximum Gasteiger partial charge on any atom is 0.226 e. The van der Waals surface area contributed by atoms with Crippen LogP contribution in [-0.2, 0) is 16.0 Å². The van der Waals surface area contributed by atoms with Gasteiger partial charge >= 0.3 is 0 Å². The third-order valence-corrected chi connectivity index (χ3v) is 7.65. The predicted molar refractivity (Wildman–Crippen MR) is 133 cm³/mol. The lowest BCUT2D eigenvalue weighted by molar-refractivity contribution is -0.901. The largest absolute Gasteiger partial charge is 0.550 e. The van der Waals surface area contributed by atoms with Gasteiger partial charge in [-0.1, -0.05) is 30.3 Å². The molecule has 0 unspecified atom stereocenters. The summed E-state index contributed by atoms with van der Waals surface area (Å²) in [5, 5.41) is 11.4. The lowest BCUT2D eigenvalue weighted by Crippen LogP contribution is -3.15. The summed E-state index contributed by atoms with van der Waals surface area (Å²) in [4.78, 5) is 30.3. The van der Waals surface area contributed by atoms with Crippen LogP contribution < -0.4 is 19.6 Å². The van der Waals surface area contributed by atoms with Gasteiger partial charge in [-0.05, 0) is 54.5 Å². The van der Waals surface area contributed by atoms with Crippen LogP contribution in [0.5, 0.6) is 5.75 Å². The van der Waals surface area contributed by atoms with Gasteiger partial charge in [-0.15, -0.1) is 0 Å². The van der Waals surface area contributed by atoms with Crippen LogP contribution in [0.1, 0.15) is 24.8 Å². The second-order valence-electron chi connectivity index (χ2n) is 9.86. The summed E-state index contributed by atoms with van der Waals surface area (Å²) in [7, 11) is 1.63. The number of aliphatic carboxylic acids is 1. The molecule has 4 rings (SSSR count). The van der Waals surface area contributed by atoms with Crippen molar-refractivity contribution in [3.8, 4) is 5.75 Å². The molecule has 0 radical (unpaired) electrons. The van der Waals surface area contributed by atoms with Gasteiger partial charge in [0, 0.05) is 31.2 Å². The standard InChI is InChI=1S/C28H37N3O4/c1-35-26-9-7-22(8-10-26)19-27(32)31-14-12-23(20-28(33)34)24(21-31)11-13-29-15-17-30(18-16-29)25-5-3-2-4-6-25/h2-10,23-24H,11-21H2,1H3,(H,33,34)/t23-,24-/m0/s1. The fourth-order valence-corrected chi connectivity index (χ4v) is 5.51. The van der Waals surface area contributed by atoms with E-state index in [1.807, 2.05) is 35.2 Å². The van der Waals surface area contributed by atoms with Crippen molar-refractivity contribution >= 4 is 17.6 Å². The van der Waals surface area contributed by atoms with E-state index in [2.05, 4.69) is 29.2 Å². The number of rotatable bonds is 9. The number of carbonyl (C=O) groups is 2. The molecule has 0 bridgehead atoms. The first-order valence-corrected chi connectivity index (χ1v) is 12.8. The molecule has 2 aromatic rings. The van der Waals surface area contributed by atoms with Crippen LogP contribution in [0.4, 0.5) is 5.69 Å². The van der Waals surface area contributed by atoms with Gasteiger partial charge in [0.15, 0.2) is 0 Å². The predicted octanol–water partition coefficient (Wildman–Crippen LogP) is 0.638. The zero-order valence-corrected chi connectivity index (χ0v) is 20.7. The number of amides is 1. The second-order valence-corrected chi connectivity index (χ2v) is 9.86. The lowest BCUT2D eigenvalue weighted by Gasteiger charge is -2.40. The molecule has 2 aliphatic heterocycles. The Balaban J connectivity index is 1.30. The summed E-state index contributed by atoms with van der Waals surface area (Å²) in [5.41, 5.74) is 2.24. The Labute approximate surface area is 208 Å². The fraction of sp³-hybridized carbons (Fsp3) is 0.500. The number of quaternary nitrogens is 1. The monoisotopic (exact) mass is 479 g/mol. The number of hydrogen-bond acceptors (Lipinski definition) is 5. The fourth-order valence-electron chi connectivity index (χ4n) is 5.51. The highest BCUT2D eigenvalue weighted by atomic mass is 16.5. The SMILES string of the molecule is COc1ccc(CC(=O)N2CC[C@@H](CC(=O)[O-])[C@@H](CC[NH+]3CCN(c4ccccc4)CC3)C2)cc1. The van der Waals surface area contributed by atoms with Gasteiger partial charge in [0.2, 0.25) is 5.91 Å². The van der Waals surface area contributed by atoms with Crippen LogP contribution in [-0.4, -0.2) is 69.7 Å². The van der Waals surface area contributed by atoms with Crippen LogP contribution in [0, 0.1) is 11.8 Å². The topological polar surface area (TPSA) is 77.3 Å². The summed E-state index contributed by atoms with van der Waals surface area (Å²) >= 11 is 0. The maximum atomic E-state index is 13.0. The number of likely N-dealkylation sites (tertiary alicyclic amines) is 1. The van der Waals surface area contributed by atoms with E-state index in [9.17, 15) is 14.7 Å². The molecule has 35 heavy (non-hydrogen) atoms. The Morgan fingerprint density at radius 1 is 1.00 bits per heavy atom. The van der Waals surface area contributed by atoms with Gasteiger partial charge in [-0.3, -0.25) is 4.79 Å². The number of carboxylic acid groups (broad SMARTS) is 1. The van der Waals surface area contributed by atoms with Crippen molar-refractivity contribution < 1.29 is 24.3 Å². The number of carboxylic acids is 1. The summed E-state index contributed by atoms with van der Waals surface area (Å²) in [6.07, 6.45) is 2.10. The first-order valence-electron chi connectivity index (χ1n) is 12.8. The Morgan fingerprint density at radius 2 is 1.71 bits per heavy atom. The molecule has 0 aromatic heterocycles. The minimum absolute atomic E-state index is 0.0787. The molecule has 7 heteroatoms. The van der Waals surface area contributed by atoms with E-state index in [0.29, 0.717) is 19.5 Å². The van der Waals surface area contributed by atoms with Crippen molar-refractivity contribution in [3.05, 3.63) is 60.2 Å². The molecule has 0 aliphatic carbocycles. The molecule has 2 aromatic carbocycles. The number of benzene rings is 2. The highest BCUT2D eigenvalue weighted by molar-refractivity contribution is 5.79. The minimum atomic E-state index is -0.984. The third-order valence-electron chi connectivity index (χ3n) is 7.65. The number of carbonyl (C=O) groups excluding carboxylic acids is 2. The first kappa shape index (κ1) is 25.0. The van der Waals surface area contributed by atoms with E-state index in [4.69, 9.17) is 4.74 Å². The Bertz CT molecular complexity index is 958. The molecule has 0 spiro atoms. The van der Waals surface area contributed by atoms with Crippen LogP contribution >= 0.6 is 0 Å². The van der Waals surface area contributed by atoms with Gasteiger partial charge in [-0.2, -0.15) is 0 Å². The van der Waals surface area contributed by atoms with Crippen molar-refractivity contribution in [1.82, 2.24) is 4.90 Å². The number of methoxy groups -OCH3 is 1. The van der Waals surface area contributed by atoms with E-state index < -0.39 is 5.97 Å². The van der Waals surface area contributed by atoms with Crippen molar-refractivity contribution in [2.24, 2.45) is 11.8 Å². The number of para-hydroxylation sites is 1. The van der Waals surface area contributed by atoms with Gasteiger partial charge in [0.25, 0.3) is 0 Å². The number of piperidine rings is 1. The minimum Gasteiger partial charge on any atom is -0.550 e. The highest BCUT2D eigenvalue weighted by Crippen LogP contribution is 2.29. The quantitative estimate of drug-likeness (QED) is 0.571. The smallest absolute Gasteiger partial charge is 0.226 e. The van der Waals surface area contributed by atoms with Gasteiger partial charge in [0.05, 0.1) is 46.3 Å². The molecule has 1 amide bonds. The number of hydrogen-bond donors (Lipinski definition) is 1. The van der Waals surface area contributed by atoms with Crippen molar-refractivity contribution in [2.45, 2.75) is 25.7 Å². The Kier molecular flexibility index (Phi) is 8.64. The molecular weight excluding hydrogens is 442 g/mol. The van der Waals surface area contributed by atoms with Crippen molar-refractivity contribution in [1.29, 1.82) is 0 Å². The van der Waals surface area contributed by atoms with Crippen LogP contribution in [0.25, 0.3) is 0 Å². The normalized spacial score (nSPS) is 21.1. The van der Waals surface area contributed by atoms with E-state index in [1.165, 1.54) is 5.69 Å². The Morgan fingerprint density at radius 3 is 2.37 bits per heavy atom. The van der Waals surface area contributed by atoms with Crippen molar-refractivity contribution in [2.75, 3.05) is 57.8 Å². The molecular formula is C28H37N3O4. The first-order chi connectivity index (χ1) is 17.0. The van der Waals surface area contributed by atoms with E-state index in [1.54, 1.807) is 12.0 Å². The average Bonchev–Trinajstić information content (AvgIpc) is 2.89. The van der Waals surface area contributed by atoms with E-state index >= 15 is 0 Å². The van der Waals surface area contributed by atoms with Gasteiger partial charge in [-0.25, -0.2) is 0 Å². The average molecular weight is 480 g/mol. The summed E-state index contributed by atoms with van der Waals surface area (Å²) in [6.45, 7) is 6.47. The second kappa shape index (κ2) is 12.1. The number of nitrogens with zero attached hydrogens (tertiary/aromatic N) is 2. The molecule has 2 aliphatic rings. The molecule has 188 valence electrons. The molecule has 2 heterocycles. The molecule has 1 N–H and O–H groups in total. The van der Waals surface area contributed by atoms with Crippen LogP contribution in [0.3, 0.4) is 0 Å². The van der Waals surface area contributed by atoms with Crippen molar-refractivity contribution in [3.63, 3.8) is 0 Å². The van der Waals surface area contributed by atoms with E-state index in [0.717, 1.165) is 56.9 Å². The molecule has 2 atom stereocenters. The molecule has 2 fully saturated rings. The highest BCUT2D eigenvalue weighted by Gasteiger charge is 2.32. The van der Waals surface area contributed by atoms with Gasteiger partial charge < -0.3 is 29.3 Å². The molecule has 0 saturated carbocycles. The number of piperazine rings is 1. The van der Waals surface area contributed by atoms with Crippen LogP contribution in [0.2, 0.25) is 0 Å². The number of nitrogens with one attached hydrogen (secondary N) is 1. The zero-order chi connectivity index (χ0) is 24.6. The summed E-state index contributed by atoms with van der Waals surface area (Å²) in [6, 6.07) is 18.1. The van der Waals surface area contributed by atoms with Crippen LogP contribution in [0.15, 0.2) is 54.6 Å². The number of anilines is 1. The number of ether oxygens (including phenoxy) is 1. The molecule has 2 saturated heterocycles. The van der Waals surface area contributed by atoms with Gasteiger partial charge in [0.1, 0.15) is 5.75 Å². The third kappa shape index (κ3) is 6.98. The zero-order valence-electron chi connectivity index (χ0n) is 20.7. The Hall–Kier alpha value is -3.06. The maximum absolute atomic E-state index is 13.0.